The fraction of sp³-hybridized carbons (Fsp3) is 0. The zero-order valence-electron chi connectivity index (χ0n) is 2.53. The van der Waals surface area contributed by atoms with Crippen molar-refractivity contribution in [3.63, 3.8) is 0 Å². The Bertz CT molecular complexity index is 140. The Labute approximate surface area is 45.5 Å². The van der Waals surface area contributed by atoms with E-state index in [0.717, 1.165) is 0 Å². The minimum absolute atomic E-state index is 1.49. The summed E-state index contributed by atoms with van der Waals surface area (Å²) >= 11 is 0.869. The molecule has 2 nitrogen and oxygen atoms in total. The van der Waals surface area contributed by atoms with Crippen molar-refractivity contribution in [2.75, 3.05) is 0 Å². The van der Waals surface area contributed by atoms with E-state index in [2.05, 4.69) is 13.6 Å². The monoisotopic (exact) mass is 238 g/mol. The van der Waals surface area contributed by atoms with Gasteiger partial charge in [-0.25, -0.2) is 0 Å². The second-order valence-electron chi connectivity index (χ2n) is 0.345. The van der Waals surface area contributed by atoms with E-state index in [4.69, 9.17) is 0 Å². The second kappa shape index (κ2) is 3.45. The Morgan fingerprint density at radius 2 is 1.67 bits per heavy atom. The summed E-state index contributed by atoms with van der Waals surface area (Å²) in [6.07, 6.45) is 0. The normalized spacial score (nSPS) is 8.50. The van der Waals surface area contributed by atoms with Crippen molar-refractivity contribution in [1.82, 2.24) is 0 Å². The Kier molecular flexibility index (Phi) is 3.60. The first kappa shape index (κ1) is 6.26. The van der Waals surface area contributed by atoms with Gasteiger partial charge in [-0.2, -0.15) is 0 Å². The molecule has 0 fully saturated rings. The van der Waals surface area contributed by atoms with E-state index in [-0.39, 0.29) is 0 Å². The Morgan fingerprint density at radius 3 is 1.67 bits per heavy atom. The van der Waals surface area contributed by atoms with Crippen LogP contribution in [0.3, 0.4) is 0 Å². The van der Waals surface area contributed by atoms with Gasteiger partial charge in [-0.3, -0.25) is 0 Å². The molecule has 6 heavy (non-hydrogen) atoms. The average molecular weight is 239 g/mol. The summed E-state index contributed by atoms with van der Waals surface area (Å²) in [5, 5.41) is 0. The molecule has 0 spiro atoms. The number of hydrogen-bond acceptors (Lipinski definition) is 2. The van der Waals surface area contributed by atoms with E-state index in [1.807, 2.05) is 0 Å². The number of halogens is 1. The molecule has 0 rings (SSSR count). The topological polar surface area (TPSA) is 34.1 Å². The van der Waals surface area contributed by atoms with Gasteiger partial charge in [0.2, 0.25) is 0 Å². The van der Waals surface area contributed by atoms with Crippen molar-refractivity contribution >= 4 is 22.6 Å². The standard InChI is InChI=1S/2CO.BrH.Rh/c2*1-2;;/h;;1H;/q;;;+1/p-1. The van der Waals surface area contributed by atoms with Crippen molar-refractivity contribution in [1.29, 1.82) is 0 Å². The molecule has 0 aliphatic heterocycles. The number of hydrogen-bond donors (Lipinski definition) is 0. The fourth-order valence-electron chi connectivity index (χ4n) is 0.0139. The van der Waals surface area contributed by atoms with Gasteiger partial charge in [0.15, 0.2) is 0 Å². The van der Waals surface area contributed by atoms with Crippen molar-refractivity contribution in [2.24, 2.45) is 0 Å². The van der Waals surface area contributed by atoms with Crippen LogP contribution in [0.4, 0.5) is 0 Å². The van der Waals surface area contributed by atoms with Crippen molar-refractivity contribution in [2.45, 2.75) is 0 Å². The molecule has 0 saturated carbocycles. The summed E-state index contributed by atoms with van der Waals surface area (Å²) in [5.74, 6) is 0. The van der Waals surface area contributed by atoms with Crippen LogP contribution in [-0.4, -0.2) is 8.95 Å². The van der Waals surface area contributed by atoms with Crippen LogP contribution in [0.25, 0.3) is 0 Å². The Morgan fingerprint density at radius 1 is 1.33 bits per heavy atom. The maximum atomic E-state index is 9.36. The maximum absolute atomic E-state index is 9.36. The first-order valence-electron chi connectivity index (χ1n) is 0.868. The molecule has 0 unspecified atom stereocenters. The second-order valence-corrected chi connectivity index (χ2v) is 5.17. The third-order valence-electron chi connectivity index (χ3n) is 0.119. The first-order chi connectivity index (χ1) is 2.81. The molecule has 36 valence electrons. The average Bonchev–Trinajstić information content (AvgIpc) is 1.65. The van der Waals surface area contributed by atoms with Gasteiger partial charge in [-0.05, 0) is 0 Å². The third kappa shape index (κ3) is 2.50. The van der Waals surface area contributed by atoms with Crippen LogP contribution in [0.5, 0.6) is 0 Å². The Balaban J connectivity index is 4.81. The molecule has 0 aromatic carbocycles. The zero-order valence-corrected chi connectivity index (χ0v) is 5.75. The molecule has 0 bridgehead atoms. The van der Waals surface area contributed by atoms with Crippen LogP contribution in [0.1, 0.15) is 0 Å². The molecule has 0 aliphatic carbocycles. The van der Waals surface area contributed by atoms with E-state index in [1.165, 1.54) is 8.95 Å². The van der Waals surface area contributed by atoms with Gasteiger partial charge in [0.25, 0.3) is 0 Å². The van der Waals surface area contributed by atoms with Crippen LogP contribution in [0, 0.1) is 0 Å². The van der Waals surface area contributed by atoms with E-state index < -0.39 is 13.1 Å². The summed E-state index contributed by atoms with van der Waals surface area (Å²) in [5.41, 5.74) is 0. The Hall–Kier alpha value is 0.263. The summed E-state index contributed by atoms with van der Waals surface area (Å²) in [6, 6.07) is 0. The van der Waals surface area contributed by atoms with Crippen molar-refractivity contribution < 1.29 is 22.7 Å². The molecular formula is C2BrO2Rh. The van der Waals surface area contributed by atoms with Crippen molar-refractivity contribution in [3.05, 3.63) is 0 Å². The van der Waals surface area contributed by atoms with Gasteiger partial charge in [0.1, 0.15) is 0 Å². The predicted octanol–water partition coefficient (Wildman–Crippen LogP) is 0.0489. The predicted molar refractivity (Wildman–Crippen MR) is 20.3 cm³/mol. The third-order valence-corrected chi connectivity index (χ3v) is 1.98. The number of rotatable bonds is 0. The van der Waals surface area contributed by atoms with Gasteiger partial charge in [-0.1, -0.05) is 0 Å². The van der Waals surface area contributed by atoms with Crippen LogP contribution in [0.2, 0.25) is 0 Å². The van der Waals surface area contributed by atoms with Crippen molar-refractivity contribution in [3.8, 4) is 0 Å². The van der Waals surface area contributed by atoms with Gasteiger partial charge in [0, 0.05) is 0 Å². The fourth-order valence-corrected chi connectivity index (χ4v) is 0.0822. The molecule has 0 aliphatic rings. The van der Waals surface area contributed by atoms with Gasteiger partial charge >= 0.3 is 45.2 Å². The molecule has 0 radical (unpaired) electrons. The molecule has 0 aromatic heterocycles. The van der Waals surface area contributed by atoms with Crippen LogP contribution < -0.4 is 0 Å². The molecule has 4 heteroatoms. The molecule has 0 saturated heterocycles. The molecule has 0 N–H and O–H groups in total. The number of carbonyl (C=O) groups excluding carboxylic acids is 2. The van der Waals surface area contributed by atoms with Crippen LogP contribution in [0.15, 0.2) is 0 Å². The summed E-state index contributed by atoms with van der Waals surface area (Å²) in [4.78, 5) is 18.7. The molecule has 0 atom stereocenters. The molecular weight excluding hydrogens is 239 g/mol. The van der Waals surface area contributed by atoms with Crippen LogP contribution >= 0.6 is 13.6 Å². The first-order valence-corrected chi connectivity index (χ1v) is 6.25. The van der Waals surface area contributed by atoms with Gasteiger partial charge < -0.3 is 0 Å². The minimum atomic E-state index is -1.89. The van der Waals surface area contributed by atoms with Crippen LogP contribution in [-0.2, 0) is 22.7 Å². The van der Waals surface area contributed by atoms with E-state index in [9.17, 15) is 9.59 Å². The summed E-state index contributed by atoms with van der Waals surface area (Å²) in [6.45, 7) is 0. The molecule has 0 aromatic rings. The van der Waals surface area contributed by atoms with E-state index in [0.29, 0.717) is 0 Å². The summed E-state index contributed by atoms with van der Waals surface area (Å²) in [7, 11) is 0. The van der Waals surface area contributed by atoms with E-state index in [1.54, 1.807) is 0 Å². The van der Waals surface area contributed by atoms with Gasteiger partial charge in [0.05, 0.1) is 0 Å². The molecule has 0 heterocycles. The quantitative estimate of drug-likeness (QED) is 0.559. The SMILES string of the molecule is O=[C]=[Rh]([Br])=[C]=O. The van der Waals surface area contributed by atoms with E-state index >= 15 is 0 Å². The molecule has 0 amide bonds. The summed E-state index contributed by atoms with van der Waals surface area (Å²) < 4.78 is 2.98. The zero-order chi connectivity index (χ0) is 4.99. The van der Waals surface area contributed by atoms with Gasteiger partial charge in [-0.15, -0.1) is 0 Å².